The number of nitrogens with one attached hydrogen (secondary N) is 2. The highest BCUT2D eigenvalue weighted by Gasteiger charge is 2.35. The molecule has 2 amide bonds. The number of rotatable bonds is 7. The fourth-order valence-corrected chi connectivity index (χ4v) is 4.08. The molecule has 3 aromatic carbocycles. The lowest BCUT2D eigenvalue weighted by atomic mass is 10.1. The standard InChI is InChI=1S/C26H26BrN3O3/c1-17-8-10-22(12-18(17)2)30-15-20(13-25(30)31)26(32)29-28-23-14-21(27)9-11-24(23)33-16-19-6-4-3-5-7-19/h3-12,14,20,28H,13,15-16H2,1-2H3,(H,29,32)/t20-/m0/s1. The lowest BCUT2D eigenvalue weighted by Gasteiger charge is -2.19. The predicted octanol–water partition coefficient (Wildman–Crippen LogP) is 5.14. The first-order valence-corrected chi connectivity index (χ1v) is 11.6. The summed E-state index contributed by atoms with van der Waals surface area (Å²) in [5, 5.41) is 0. The van der Waals surface area contributed by atoms with Crippen LogP contribution in [0, 0.1) is 19.8 Å². The van der Waals surface area contributed by atoms with Gasteiger partial charge in [-0.15, -0.1) is 0 Å². The van der Waals surface area contributed by atoms with E-state index >= 15 is 0 Å². The third-order valence-electron chi connectivity index (χ3n) is 5.80. The maximum Gasteiger partial charge on any atom is 0.243 e. The van der Waals surface area contributed by atoms with Crippen LogP contribution in [0.1, 0.15) is 23.1 Å². The maximum absolute atomic E-state index is 12.8. The maximum atomic E-state index is 12.8. The fraction of sp³-hybridized carbons (Fsp3) is 0.231. The van der Waals surface area contributed by atoms with Gasteiger partial charge in [-0.05, 0) is 60.9 Å². The molecule has 0 bridgehead atoms. The zero-order valence-electron chi connectivity index (χ0n) is 18.6. The van der Waals surface area contributed by atoms with Crippen LogP contribution in [0.2, 0.25) is 0 Å². The minimum absolute atomic E-state index is 0.0484. The number of halogens is 1. The van der Waals surface area contributed by atoms with E-state index in [1.165, 1.54) is 5.56 Å². The van der Waals surface area contributed by atoms with Crippen LogP contribution in [0.3, 0.4) is 0 Å². The molecular formula is C26H26BrN3O3. The van der Waals surface area contributed by atoms with Gasteiger partial charge < -0.3 is 9.64 Å². The quantitative estimate of drug-likeness (QED) is 0.434. The molecule has 1 aliphatic heterocycles. The van der Waals surface area contributed by atoms with Crippen LogP contribution in [0.4, 0.5) is 11.4 Å². The Hall–Kier alpha value is -3.32. The number of nitrogens with zero attached hydrogens (tertiary/aromatic N) is 1. The van der Waals surface area contributed by atoms with Crippen molar-refractivity contribution in [2.75, 3.05) is 16.9 Å². The van der Waals surface area contributed by atoms with Crippen molar-refractivity contribution in [1.82, 2.24) is 5.43 Å². The van der Waals surface area contributed by atoms with E-state index in [0.717, 1.165) is 21.3 Å². The van der Waals surface area contributed by atoms with Gasteiger partial charge in [-0.2, -0.15) is 0 Å². The number of benzene rings is 3. The molecule has 6 nitrogen and oxygen atoms in total. The molecule has 1 atom stereocenters. The van der Waals surface area contributed by atoms with Crippen molar-refractivity contribution in [3.63, 3.8) is 0 Å². The second-order valence-corrected chi connectivity index (χ2v) is 9.12. The van der Waals surface area contributed by atoms with Gasteiger partial charge in [0.2, 0.25) is 11.8 Å². The molecule has 0 radical (unpaired) electrons. The molecule has 1 fully saturated rings. The molecular weight excluding hydrogens is 482 g/mol. The number of amides is 2. The number of anilines is 2. The molecule has 33 heavy (non-hydrogen) atoms. The summed E-state index contributed by atoms with van der Waals surface area (Å²) in [4.78, 5) is 27.1. The number of ether oxygens (including phenoxy) is 1. The van der Waals surface area contributed by atoms with Crippen molar-refractivity contribution in [1.29, 1.82) is 0 Å². The highest BCUT2D eigenvalue weighted by Crippen LogP contribution is 2.30. The van der Waals surface area contributed by atoms with Crippen molar-refractivity contribution < 1.29 is 14.3 Å². The van der Waals surface area contributed by atoms with Crippen LogP contribution in [0.15, 0.2) is 71.2 Å². The molecule has 2 N–H and O–H groups in total. The SMILES string of the molecule is Cc1ccc(N2C[C@@H](C(=O)NNc3cc(Br)ccc3OCc3ccccc3)CC2=O)cc1C. The minimum atomic E-state index is -0.438. The number of carbonyl (C=O) groups is 2. The van der Waals surface area contributed by atoms with E-state index in [-0.39, 0.29) is 18.2 Å². The van der Waals surface area contributed by atoms with Gasteiger partial charge in [-0.25, -0.2) is 0 Å². The van der Waals surface area contributed by atoms with Gasteiger partial charge in [0.1, 0.15) is 12.4 Å². The fourth-order valence-electron chi connectivity index (χ4n) is 3.72. The second kappa shape index (κ2) is 10.1. The van der Waals surface area contributed by atoms with Gasteiger partial charge in [0.15, 0.2) is 0 Å². The summed E-state index contributed by atoms with van der Waals surface area (Å²) in [7, 11) is 0. The topological polar surface area (TPSA) is 70.7 Å². The summed E-state index contributed by atoms with van der Waals surface area (Å²) in [6.45, 7) is 4.81. The molecule has 0 spiro atoms. The van der Waals surface area contributed by atoms with Crippen molar-refractivity contribution in [3.05, 3.63) is 87.9 Å². The Bertz CT molecular complexity index is 1170. The molecule has 0 unspecified atom stereocenters. The number of aryl methyl sites for hydroxylation is 2. The van der Waals surface area contributed by atoms with Gasteiger partial charge in [-0.3, -0.25) is 20.4 Å². The highest BCUT2D eigenvalue weighted by atomic mass is 79.9. The van der Waals surface area contributed by atoms with Crippen molar-refractivity contribution >= 4 is 39.1 Å². The summed E-state index contributed by atoms with van der Waals surface area (Å²) >= 11 is 3.46. The van der Waals surface area contributed by atoms with Crippen LogP contribution in [-0.2, 0) is 16.2 Å². The number of hydrazine groups is 1. The Labute approximate surface area is 202 Å². The molecule has 170 valence electrons. The smallest absolute Gasteiger partial charge is 0.243 e. The van der Waals surface area contributed by atoms with E-state index in [2.05, 4.69) is 26.8 Å². The largest absolute Gasteiger partial charge is 0.487 e. The zero-order chi connectivity index (χ0) is 23.4. The molecule has 1 heterocycles. The molecule has 4 rings (SSSR count). The van der Waals surface area contributed by atoms with Gasteiger partial charge in [0.25, 0.3) is 0 Å². The summed E-state index contributed by atoms with van der Waals surface area (Å²) < 4.78 is 6.80. The molecule has 3 aromatic rings. The van der Waals surface area contributed by atoms with Gasteiger partial charge in [-0.1, -0.05) is 52.3 Å². The molecule has 1 aliphatic rings. The Morgan fingerprint density at radius 2 is 1.85 bits per heavy atom. The van der Waals surface area contributed by atoms with Crippen molar-refractivity contribution in [3.8, 4) is 5.75 Å². The third kappa shape index (κ3) is 5.54. The predicted molar refractivity (Wildman–Crippen MR) is 133 cm³/mol. The number of carbonyl (C=O) groups excluding carboxylic acids is 2. The van der Waals surface area contributed by atoms with Crippen LogP contribution in [0.5, 0.6) is 5.75 Å². The monoisotopic (exact) mass is 507 g/mol. The van der Waals surface area contributed by atoms with E-state index in [1.807, 2.05) is 80.6 Å². The summed E-state index contributed by atoms with van der Waals surface area (Å²) in [6, 6.07) is 21.3. The lowest BCUT2D eigenvalue weighted by Crippen LogP contribution is -2.36. The van der Waals surface area contributed by atoms with Gasteiger partial charge in [0.05, 0.1) is 11.6 Å². The summed E-state index contributed by atoms with van der Waals surface area (Å²) in [6.07, 6.45) is 0.177. The van der Waals surface area contributed by atoms with E-state index in [1.54, 1.807) is 4.90 Å². The summed E-state index contributed by atoms with van der Waals surface area (Å²) in [5.41, 5.74) is 10.5. The molecule has 0 saturated carbocycles. The van der Waals surface area contributed by atoms with Gasteiger partial charge >= 0.3 is 0 Å². The van der Waals surface area contributed by atoms with Gasteiger partial charge in [0, 0.05) is 23.1 Å². The molecule has 0 aromatic heterocycles. The van der Waals surface area contributed by atoms with Crippen LogP contribution in [0.25, 0.3) is 0 Å². The van der Waals surface area contributed by atoms with E-state index in [4.69, 9.17) is 4.74 Å². The molecule has 0 aliphatic carbocycles. The average molecular weight is 508 g/mol. The molecule has 1 saturated heterocycles. The first kappa shape index (κ1) is 22.9. The minimum Gasteiger partial charge on any atom is -0.487 e. The average Bonchev–Trinajstić information content (AvgIpc) is 3.21. The number of hydrogen-bond donors (Lipinski definition) is 2. The zero-order valence-corrected chi connectivity index (χ0v) is 20.2. The molecule has 7 heteroatoms. The number of hydrogen-bond acceptors (Lipinski definition) is 4. The van der Waals surface area contributed by atoms with E-state index in [9.17, 15) is 9.59 Å². The van der Waals surface area contributed by atoms with E-state index < -0.39 is 5.92 Å². The first-order valence-electron chi connectivity index (χ1n) is 10.8. The second-order valence-electron chi connectivity index (χ2n) is 8.20. The van der Waals surface area contributed by atoms with Crippen LogP contribution in [-0.4, -0.2) is 18.4 Å². The third-order valence-corrected chi connectivity index (χ3v) is 6.29. The Kier molecular flexibility index (Phi) is 6.99. The van der Waals surface area contributed by atoms with Crippen LogP contribution < -0.4 is 20.5 Å². The highest BCUT2D eigenvalue weighted by molar-refractivity contribution is 9.10. The van der Waals surface area contributed by atoms with Crippen molar-refractivity contribution in [2.45, 2.75) is 26.9 Å². The Balaban J connectivity index is 1.39. The normalized spacial score (nSPS) is 15.4. The van der Waals surface area contributed by atoms with E-state index in [0.29, 0.717) is 24.6 Å². The Morgan fingerprint density at radius 3 is 2.61 bits per heavy atom. The lowest BCUT2D eigenvalue weighted by molar-refractivity contribution is -0.125. The van der Waals surface area contributed by atoms with Crippen LogP contribution >= 0.6 is 15.9 Å². The van der Waals surface area contributed by atoms with Crippen molar-refractivity contribution in [2.24, 2.45) is 5.92 Å². The first-order chi connectivity index (χ1) is 15.9. The summed E-state index contributed by atoms with van der Waals surface area (Å²) in [5.74, 6) is -0.106. The Morgan fingerprint density at radius 1 is 1.06 bits per heavy atom.